The maximum absolute atomic E-state index is 11.8. The van der Waals surface area contributed by atoms with Gasteiger partial charge in [0.2, 0.25) is 5.88 Å². The van der Waals surface area contributed by atoms with Crippen molar-refractivity contribution in [3.05, 3.63) is 11.8 Å². The number of aromatic nitrogens is 2. The Morgan fingerprint density at radius 2 is 2.15 bits per heavy atom. The molecule has 0 fully saturated rings. The van der Waals surface area contributed by atoms with Crippen LogP contribution in [-0.4, -0.2) is 16.1 Å². The molecule has 6 heteroatoms. The van der Waals surface area contributed by atoms with Crippen molar-refractivity contribution in [2.75, 3.05) is 0 Å². The van der Waals surface area contributed by atoms with Crippen molar-refractivity contribution in [3.63, 3.8) is 0 Å². The molecule has 0 aliphatic rings. The zero-order valence-electron chi connectivity index (χ0n) is 7.14. The summed E-state index contributed by atoms with van der Waals surface area (Å²) in [6, 6.07) is 0. The van der Waals surface area contributed by atoms with Gasteiger partial charge in [0.25, 0.3) is 0 Å². The van der Waals surface area contributed by atoms with Crippen LogP contribution < -0.4 is 4.74 Å². The number of alkyl halides is 3. The minimum atomic E-state index is -4.68. The number of rotatable bonds is 2. The molecule has 1 aromatic rings. The minimum absolute atomic E-state index is 0.249. The second-order valence-corrected chi connectivity index (χ2v) is 2.41. The van der Waals surface area contributed by atoms with Gasteiger partial charge in [-0.3, -0.25) is 0 Å². The Bertz CT molecular complexity index is 292. The number of nitrogens with zero attached hydrogens (tertiary/aromatic N) is 2. The van der Waals surface area contributed by atoms with E-state index in [-0.39, 0.29) is 11.4 Å². The smallest absolute Gasteiger partial charge is 0.388 e. The van der Waals surface area contributed by atoms with Crippen LogP contribution in [0.3, 0.4) is 0 Å². The van der Waals surface area contributed by atoms with E-state index in [1.54, 1.807) is 6.92 Å². The molecule has 73 valence electrons. The summed E-state index contributed by atoms with van der Waals surface area (Å²) in [7, 11) is 0. The van der Waals surface area contributed by atoms with Crippen molar-refractivity contribution in [1.29, 1.82) is 0 Å². The van der Waals surface area contributed by atoms with Crippen LogP contribution in [0.25, 0.3) is 0 Å². The van der Waals surface area contributed by atoms with Crippen molar-refractivity contribution in [3.8, 4) is 5.88 Å². The molecule has 0 spiro atoms. The van der Waals surface area contributed by atoms with Gasteiger partial charge in [-0.25, -0.2) is 4.68 Å². The first-order valence-corrected chi connectivity index (χ1v) is 3.65. The Morgan fingerprint density at radius 3 is 2.62 bits per heavy atom. The average molecular weight is 193 g/mol. The van der Waals surface area contributed by atoms with Crippen molar-refractivity contribution in [1.82, 2.24) is 9.78 Å². The second-order valence-electron chi connectivity index (χ2n) is 2.41. The molecule has 0 saturated heterocycles. The van der Waals surface area contributed by atoms with E-state index in [0.29, 0.717) is 6.54 Å². The molecule has 0 unspecified atom stereocenters. The Kier molecular flexibility index (Phi) is 2.49. The first-order valence-electron chi connectivity index (χ1n) is 3.65. The lowest BCUT2D eigenvalue weighted by Gasteiger charge is -2.10. The summed E-state index contributed by atoms with van der Waals surface area (Å²) >= 11 is 0. The van der Waals surface area contributed by atoms with Gasteiger partial charge < -0.3 is 4.74 Å². The molecule has 1 aromatic heterocycles. The third-order valence-corrected chi connectivity index (χ3v) is 1.41. The second kappa shape index (κ2) is 3.27. The fourth-order valence-electron chi connectivity index (χ4n) is 0.875. The van der Waals surface area contributed by atoms with E-state index in [2.05, 4.69) is 16.0 Å². The maximum atomic E-state index is 11.8. The van der Waals surface area contributed by atoms with E-state index in [1.807, 2.05) is 0 Å². The zero-order valence-corrected chi connectivity index (χ0v) is 7.14. The van der Waals surface area contributed by atoms with Crippen LogP contribution in [0.5, 0.6) is 5.88 Å². The summed E-state index contributed by atoms with van der Waals surface area (Å²) in [6.07, 6.45) is -2.28. The standard InChI is InChI=1S/C7H8F3N2O/c1-3-12-6(5(2)4-11-12)13-7(8,9)10/h3H2,1-2H3. The van der Waals surface area contributed by atoms with E-state index < -0.39 is 6.36 Å². The quantitative estimate of drug-likeness (QED) is 0.717. The van der Waals surface area contributed by atoms with Crippen LogP contribution in [-0.2, 0) is 6.54 Å². The van der Waals surface area contributed by atoms with Crippen molar-refractivity contribution in [2.24, 2.45) is 0 Å². The molecule has 3 nitrogen and oxygen atoms in total. The number of hydrogen-bond acceptors (Lipinski definition) is 2. The van der Waals surface area contributed by atoms with Crippen molar-refractivity contribution in [2.45, 2.75) is 26.8 Å². The Balaban J connectivity index is 2.92. The summed E-state index contributed by atoms with van der Waals surface area (Å²) in [4.78, 5) is 0. The monoisotopic (exact) mass is 193 g/mol. The molecule has 0 aliphatic carbocycles. The Labute approximate surface area is 73.1 Å². The van der Waals surface area contributed by atoms with Crippen LogP contribution in [0.1, 0.15) is 12.5 Å². The Hall–Kier alpha value is -1.20. The summed E-state index contributed by atoms with van der Waals surface area (Å²) in [5.41, 5.74) is 0.249. The van der Waals surface area contributed by atoms with E-state index in [0.717, 1.165) is 4.68 Å². The molecule has 0 aliphatic heterocycles. The van der Waals surface area contributed by atoms with Gasteiger partial charge in [0.05, 0.1) is 0 Å². The average Bonchev–Trinajstić information content (AvgIpc) is 2.30. The van der Waals surface area contributed by atoms with Crippen LogP contribution in [0, 0.1) is 13.1 Å². The molecule has 0 amide bonds. The van der Waals surface area contributed by atoms with Crippen LogP contribution >= 0.6 is 0 Å². The summed E-state index contributed by atoms with van der Waals surface area (Å²) in [5.74, 6) is -0.296. The van der Waals surface area contributed by atoms with Crippen LogP contribution in [0.4, 0.5) is 13.2 Å². The lowest BCUT2D eigenvalue weighted by Crippen LogP contribution is -2.20. The van der Waals surface area contributed by atoms with Gasteiger partial charge in [-0.2, -0.15) is 5.10 Å². The molecule has 0 bridgehead atoms. The first kappa shape index (κ1) is 9.88. The largest absolute Gasteiger partial charge is 0.574 e. The maximum Gasteiger partial charge on any atom is 0.574 e. The third-order valence-electron chi connectivity index (χ3n) is 1.41. The van der Waals surface area contributed by atoms with Crippen molar-refractivity contribution >= 4 is 0 Å². The SMILES string of the molecule is CCn1n[c]c(C)c1OC(F)(F)F. The highest BCUT2D eigenvalue weighted by atomic mass is 19.4. The van der Waals surface area contributed by atoms with Gasteiger partial charge in [0, 0.05) is 12.1 Å². The van der Waals surface area contributed by atoms with Gasteiger partial charge >= 0.3 is 6.36 Å². The predicted molar refractivity (Wildman–Crippen MR) is 38.2 cm³/mol. The zero-order chi connectivity index (χ0) is 10.1. The molecule has 1 heterocycles. The summed E-state index contributed by atoms with van der Waals surface area (Å²) < 4.78 is 40.4. The van der Waals surface area contributed by atoms with E-state index in [1.165, 1.54) is 6.92 Å². The van der Waals surface area contributed by atoms with Gasteiger partial charge in [-0.15, -0.1) is 13.2 Å². The van der Waals surface area contributed by atoms with E-state index in [4.69, 9.17) is 0 Å². The number of hydrogen-bond donors (Lipinski definition) is 0. The van der Waals surface area contributed by atoms with Gasteiger partial charge in [-0.1, -0.05) is 0 Å². The molecule has 13 heavy (non-hydrogen) atoms. The highest BCUT2D eigenvalue weighted by molar-refractivity contribution is 5.21. The highest BCUT2D eigenvalue weighted by Gasteiger charge is 2.33. The molecular weight excluding hydrogens is 185 g/mol. The molecular formula is C7H8F3N2O. The van der Waals surface area contributed by atoms with Gasteiger partial charge in [-0.05, 0) is 13.8 Å². The van der Waals surface area contributed by atoms with Crippen LogP contribution in [0.2, 0.25) is 0 Å². The van der Waals surface area contributed by atoms with Crippen LogP contribution in [0.15, 0.2) is 0 Å². The normalized spacial score (nSPS) is 11.8. The van der Waals surface area contributed by atoms with E-state index in [9.17, 15) is 13.2 Å². The number of ether oxygens (including phenoxy) is 1. The number of halogens is 3. The van der Waals surface area contributed by atoms with E-state index >= 15 is 0 Å². The van der Waals surface area contributed by atoms with Gasteiger partial charge in [0.1, 0.15) is 6.20 Å². The number of aryl methyl sites for hydroxylation is 2. The minimum Gasteiger partial charge on any atom is -0.388 e. The summed E-state index contributed by atoms with van der Waals surface area (Å²) in [5, 5.41) is 3.59. The summed E-state index contributed by atoms with van der Waals surface area (Å²) in [6.45, 7) is 3.44. The fourth-order valence-corrected chi connectivity index (χ4v) is 0.875. The van der Waals surface area contributed by atoms with Gasteiger partial charge in [0.15, 0.2) is 0 Å². The lowest BCUT2D eigenvalue weighted by molar-refractivity contribution is -0.277. The molecule has 0 N–H and O–H groups in total. The van der Waals surface area contributed by atoms with Crippen molar-refractivity contribution < 1.29 is 17.9 Å². The first-order chi connectivity index (χ1) is 5.94. The molecule has 1 rings (SSSR count). The fraction of sp³-hybridized carbons (Fsp3) is 0.571. The topological polar surface area (TPSA) is 27.1 Å². The predicted octanol–water partition coefficient (Wildman–Crippen LogP) is 1.91. The molecule has 1 radical (unpaired) electrons. The molecule has 0 saturated carbocycles. The lowest BCUT2D eigenvalue weighted by atomic mass is 10.4. The molecule has 0 atom stereocenters. The Morgan fingerprint density at radius 1 is 1.54 bits per heavy atom. The molecule has 0 aromatic carbocycles. The third kappa shape index (κ3) is 2.37. The highest BCUT2D eigenvalue weighted by Crippen LogP contribution is 2.25.